The largest absolute Gasteiger partial charge is 0.167 e. The van der Waals surface area contributed by atoms with Crippen molar-refractivity contribution >= 4 is 30.1 Å². The molecule has 0 amide bonds. The first kappa shape index (κ1) is 15.8. The van der Waals surface area contributed by atoms with Gasteiger partial charge >= 0.3 is 0 Å². The minimum atomic E-state index is -1.52. The van der Waals surface area contributed by atoms with Crippen molar-refractivity contribution < 1.29 is 0 Å². The van der Waals surface area contributed by atoms with Gasteiger partial charge < -0.3 is 0 Å². The van der Waals surface area contributed by atoms with Gasteiger partial charge in [-0.1, -0.05) is 64.8 Å². The van der Waals surface area contributed by atoms with Gasteiger partial charge in [0.25, 0.3) is 0 Å². The lowest BCUT2D eigenvalue weighted by atomic mass is 10.1. The molecule has 3 heteroatoms. The Morgan fingerprint density at radius 1 is 0.867 bits per heavy atom. The Balaban J connectivity index is 3.11. The van der Waals surface area contributed by atoms with Crippen molar-refractivity contribution in [1.82, 2.24) is 0 Å². The van der Waals surface area contributed by atoms with Crippen molar-refractivity contribution in [2.45, 2.75) is 70.9 Å². The van der Waals surface area contributed by atoms with Gasteiger partial charge in [-0.25, -0.2) is 0 Å². The van der Waals surface area contributed by atoms with Crippen LogP contribution in [-0.4, -0.2) is 12.9 Å². The predicted octanol–water partition coefficient (Wildman–Crippen LogP) is 5.72. The molecule has 0 spiro atoms. The highest BCUT2D eigenvalue weighted by molar-refractivity contribution is 7.21. The highest BCUT2D eigenvalue weighted by atomic mass is 35.6. The number of rotatable bonds is 10. The first-order valence-corrected chi connectivity index (χ1v) is 10.8. The summed E-state index contributed by atoms with van der Waals surface area (Å²) in [6, 6.07) is 1.19. The molecule has 0 aliphatic carbocycles. The van der Waals surface area contributed by atoms with E-state index in [4.69, 9.17) is 22.7 Å². The molecule has 0 nitrogen and oxygen atoms in total. The molecule has 0 bridgehead atoms. The van der Waals surface area contributed by atoms with Crippen LogP contribution in [0.5, 0.6) is 0 Å². The van der Waals surface area contributed by atoms with Crippen LogP contribution in [0, 0.1) is 0 Å². The Morgan fingerprint density at radius 3 is 1.80 bits per heavy atom. The predicted molar refractivity (Wildman–Crippen MR) is 75.6 cm³/mol. The van der Waals surface area contributed by atoms with Gasteiger partial charge in [-0.05, 0) is 6.04 Å². The van der Waals surface area contributed by atoms with Crippen LogP contribution >= 0.6 is 22.7 Å². The lowest BCUT2D eigenvalue weighted by Crippen LogP contribution is -2.24. The molecule has 92 valence electrons. The maximum absolute atomic E-state index is 6.31. The van der Waals surface area contributed by atoms with Gasteiger partial charge in [0.1, 0.15) is 0 Å². The summed E-state index contributed by atoms with van der Waals surface area (Å²) >= 11 is 12.1. The first-order chi connectivity index (χ1) is 7.12. The number of hydrogen-bond acceptors (Lipinski definition) is 0. The van der Waals surface area contributed by atoms with E-state index < -0.39 is 7.38 Å². The third-order valence-corrected chi connectivity index (χ3v) is 7.93. The topological polar surface area (TPSA) is 0 Å². The van der Waals surface area contributed by atoms with Gasteiger partial charge in [0.2, 0.25) is 0 Å². The van der Waals surface area contributed by atoms with Gasteiger partial charge in [0, 0.05) is 5.50 Å². The third kappa shape index (κ3) is 11.1. The number of hydrogen-bond donors (Lipinski definition) is 0. The monoisotopic (exact) mass is 268 g/mol. The van der Waals surface area contributed by atoms with Crippen LogP contribution in [0.15, 0.2) is 0 Å². The van der Waals surface area contributed by atoms with E-state index in [9.17, 15) is 0 Å². The maximum atomic E-state index is 6.31. The zero-order chi connectivity index (χ0) is 11.6. The molecule has 0 saturated heterocycles. The fraction of sp³-hybridized carbons (Fsp3) is 1.00. The van der Waals surface area contributed by atoms with E-state index in [1.165, 1.54) is 57.4 Å². The van der Waals surface area contributed by atoms with Gasteiger partial charge in [0.15, 0.2) is 7.38 Å². The summed E-state index contributed by atoms with van der Waals surface area (Å²) in [6.07, 6.45) is 11.0. The maximum Gasteiger partial charge on any atom is 0.167 e. The van der Waals surface area contributed by atoms with Crippen molar-refractivity contribution in [2.24, 2.45) is 0 Å². The fourth-order valence-electron chi connectivity index (χ4n) is 1.69. The third-order valence-electron chi connectivity index (χ3n) is 2.83. The van der Waals surface area contributed by atoms with Crippen LogP contribution in [-0.2, 0) is 0 Å². The van der Waals surface area contributed by atoms with E-state index in [2.05, 4.69) is 13.5 Å². The summed E-state index contributed by atoms with van der Waals surface area (Å²) in [5, 5.41) is 0. The lowest BCUT2D eigenvalue weighted by Gasteiger charge is -2.14. The van der Waals surface area contributed by atoms with Crippen molar-refractivity contribution in [2.75, 3.05) is 5.50 Å². The molecule has 0 aliphatic heterocycles. The number of halogens is 2. The molecule has 0 saturated carbocycles. The summed E-state index contributed by atoms with van der Waals surface area (Å²) in [6.45, 7) is 4.43. The van der Waals surface area contributed by atoms with E-state index in [1.54, 1.807) is 0 Å². The first-order valence-electron chi connectivity index (χ1n) is 6.37. The molecular formula is C12H26Cl2Si. The molecule has 1 atom stereocenters. The van der Waals surface area contributed by atoms with E-state index in [1.807, 2.05) is 0 Å². The van der Waals surface area contributed by atoms with Crippen LogP contribution in [0.1, 0.15) is 58.3 Å². The molecule has 15 heavy (non-hydrogen) atoms. The van der Waals surface area contributed by atoms with Crippen molar-refractivity contribution in [3.05, 3.63) is 0 Å². The highest BCUT2D eigenvalue weighted by Gasteiger charge is 2.21. The zero-order valence-corrected chi connectivity index (χ0v) is 12.8. The Bertz CT molecular complexity index is 138. The summed E-state index contributed by atoms with van der Waals surface area (Å²) < 4.78 is 0. The Kier molecular flexibility index (Phi) is 10.5. The van der Waals surface area contributed by atoms with E-state index in [0.29, 0.717) is 5.50 Å². The molecule has 0 aromatic carbocycles. The summed E-state index contributed by atoms with van der Waals surface area (Å²) in [5.41, 5.74) is 0.699. The van der Waals surface area contributed by atoms with Crippen molar-refractivity contribution in [3.63, 3.8) is 0 Å². The molecular weight excluding hydrogens is 243 g/mol. The standard InChI is InChI=1S/C12H26Cl2Si/c1-3-4-5-6-7-8-9-10-11-15(2,14)12-13/h3-12H2,1-2H3. The second-order valence-electron chi connectivity index (χ2n) is 4.77. The second kappa shape index (κ2) is 9.98. The Morgan fingerprint density at radius 2 is 1.33 bits per heavy atom. The minimum Gasteiger partial charge on any atom is -0.166 e. The van der Waals surface area contributed by atoms with E-state index >= 15 is 0 Å². The van der Waals surface area contributed by atoms with Crippen LogP contribution < -0.4 is 0 Å². The smallest absolute Gasteiger partial charge is 0.166 e. The Labute approximate surface area is 106 Å². The molecule has 0 N–H and O–H groups in total. The van der Waals surface area contributed by atoms with Gasteiger partial charge in [0.05, 0.1) is 0 Å². The van der Waals surface area contributed by atoms with Gasteiger partial charge in [-0.3, -0.25) is 0 Å². The van der Waals surface area contributed by atoms with Crippen molar-refractivity contribution in [3.8, 4) is 0 Å². The minimum absolute atomic E-state index is 0.699. The molecule has 0 heterocycles. The average molecular weight is 269 g/mol. The second-order valence-corrected chi connectivity index (χ2v) is 11.9. The summed E-state index contributed by atoms with van der Waals surface area (Å²) in [4.78, 5) is 0. The van der Waals surface area contributed by atoms with Crippen LogP contribution in [0.2, 0.25) is 12.6 Å². The normalized spacial score (nSPS) is 15.2. The molecule has 0 fully saturated rings. The van der Waals surface area contributed by atoms with E-state index in [-0.39, 0.29) is 0 Å². The average Bonchev–Trinajstić information content (AvgIpc) is 2.22. The summed E-state index contributed by atoms with van der Waals surface area (Å²) in [7, 11) is -1.52. The molecule has 1 unspecified atom stereocenters. The number of unbranched alkanes of at least 4 members (excludes halogenated alkanes) is 7. The number of alkyl halides is 1. The molecule has 0 aromatic rings. The van der Waals surface area contributed by atoms with Gasteiger partial charge in [-0.15, -0.1) is 11.6 Å². The molecule has 0 aliphatic rings. The van der Waals surface area contributed by atoms with Crippen LogP contribution in [0.3, 0.4) is 0 Å². The summed E-state index contributed by atoms with van der Waals surface area (Å²) in [5.74, 6) is 0. The highest BCUT2D eigenvalue weighted by Crippen LogP contribution is 2.21. The fourth-order valence-corrected chi connectivity index (χ4v) is 3.62. The van der Waals surface area contributed by atoms with Crippen LogP contribution in [0.25, 0.3) is 0 Å². The molecule has 0 rings (SSSR count). The van der Waals surface area contributed by atoms with Crippen molar-refractivity contribution in [1.29, 1.82) is 0 Å². The SMILES string of the molecule is CCCCCCCCCC[Si](C)(Cl)CCl. The van der Waals surface area contributed by atoms with Crippen LogP contribution in [0.4, 0.5) is 0 Å². The van der Waals surface area contributed by atoms with E-state index in [0.717, 1.165) is 0 Å². The lowest BCUT2D eigenvalue weighted by molar-refractivity contribution is 0.584. The molecule has 0 aromatic heterocycles. The zero-order valence-electron chi connectivity index (χ0n) is 10.3. The quantitative estimate of drug-likeness (QED) is 0.206. The Hall–Kier alpha value is 0.797. The van der Waals surface area contributed by atoms with Gasteiger partial charge in [-0.2, -0.15) is 11.1 Å². The molecule has 0 radical (unpaired) electrons.